The quantitative estimate of drug-likeness (QED) is 0.587. The molecule has 1 aliphatic rings. The summed E-state index contributed by atoms with van der Waals surface area (Å²) in [6, 6.07) is -0.863. The lowest BCUT2D eigenvalue weighted by Gasteiger charge is -2.24. The molecular formula is C8H13N3O3. The van der Waals surface area contributed by atoms with Gasteiger partial charge in [0.1, 0.15) is 5.78 Å². The van der Waals surface area contributed by atoms with Crippen molar-refractivity contribution in [3.63, 3.8) is 0 Å². The number of carbonyl (C=O) groups is 3. The van der Waals surface area contributed by atoms with E-state index in [1.807, 2.05) is 5.32 Å². The molecule has 1 aliphatic heterocycles. The minimum atomic E-state index is -0.863. The summed E-state index contributed by atoms with van der Waals surface area (Å²) in [7, 11) is 0. The fourth-order valence-corrected chi connectivity index (χ4v) is 1.42. The Balaban J connectivity index is 2.32. The molecule has 78 valence electrons. The number of rotatable bonds is 2. The first-order valence-electron chi connectivity index (χ1n) is 4.41. The molecule has 0 aromatic rings. The number of amides is 3. The highest BCUT2D eigenvalue weighted by Gasteiger charge is 2.19. The maximum absolute atomic E-state index is 11.1. The normalized spacial score (nSPS) is 17.9. The predicted octanol–water partition coefficient (Wildman–Crippen LogP) is -1.15. The topological polar surface area (TPSA) is 92.5 Å². The number of primary amides is 1. The smallest absolute Gasteiger partial charge is 0.318 e. The highest BCUT2D eigenvalue weighted by molar-refractivity contribution is 5.94. The summed E-state index contributed by atoms with van der Waals surface area (Å²) in [6.07, 6.45) is 1.34. The average molecular weight is 199 g/mol. The van der Waals surface area contributed by atoms with Gasteiger partial charge in [0.25, 0.3) is 0 Å². The zero-order chi connectivity index (χ0) is 10.6. The van der Waals surface area contributed by atoms with E-state index in [-0.39, 0.29) is 18.9 Å². The van der Waals surface area contributed by atoms with Crippen LogP contribution in [0.2, 0.25) is 0 Å². The molecule has 0 aromatic heterocycles. The number of nitrogens with one attached hydrogen (secondary N) is 1. The van der Waals surface area contributed by atoms with Crippen molar-refractivity contribution in [2.24, 2.45) is 5.73 Å². The van der Waals surface area contributed by atoms with Crippen molar-refractivity contribution >= 4 is 17.7 Å². The third-order valence-corrected chi connectivity index (χ3v) is 1.96. The Kier molecular flexibility index (Phi) is 3.58. The third-order valence-electron chi connectivity index (χ3n) is 1.96. The van der Waals surface area contributed by atoms with Crippen molar-refractivity contribution in [3.8, 4) is 0 Å². The molecule has 0 atom stereocenters. The SMILES string of the molecule is NC(=O)NC(=O)CN1CCCC(=O)C1. The summed E-state index contributed by atoms with van der Waals surface area (Å²) in [6.45, 7) is 1.04. The number of ketones is 1. The number of likely N-dealkylation sites (tertiary alicyclic amines) is 1. The Bertz CT molecular complexity index is 265. The first-order chi connectivity index (χ1) is 6.58. The van der Waals surface area contributed by atoms with Crippen molar-refractivity contribution < 1.29 is 14.4 Å². The number of nitrogens with two attached hydrogens (primary N) is 1. The highest BCUT2D eigenvalue weighted by Crippen LogP contribution is 2.04. The molecule has 6 nitrogen and oxygen atoms in total. The van der Waals surface area contributed by atoms with Gasteiger partial charge in [-0.1, -0.05) is 0 Å². The van der Waals surface area contributed by atoms with Gasteiger partial charge in [0.05, 0.1) is 13.1 Å². The Hall–Kier alpha value is -1.43. The zero-order valence-electron chi connectivity index (χ0n) is 7.78. The molecule has 1 fully saturated rings. The standard InChI is InChI=1S/C8H13N3O3/c9-8(14)10-7(13)5-11-3-1-2-6(12)4-11/h1-5H2,(H3,9,10,13,14). The second kappa shape index (κ2) is 4.71. The summed E-state index contributed by atoms with van der Waals surface area (Å²) in [5.74, 6) is -0.338. The summed E-state index contributed by atoms with van der Waals surface area (Å²) >= 11 is 0. The van der Waals surface area contributed by atoms with E-state index < -0.39 is 11.9 Å². The van der Waals surface area contributed by atoms with Gasteiger partial charge in [0, 0.05) is 6.42 Å². The third kappa shape index (κ3) is 3.53. The van der Waals surface area contributed by atoms with Gasteiger partial charge < -0.3 is 5.73 Å². The van der Waals surface area contributed by atoms with E-state index in [0.717, 1.165) is 6.42 Å². The number of carbonyl (C=O) groups excluding carboxylic acids is 3. The van der Waals surface area contributed by atoms with Crippen LogP contribution in [0.5, 0.6) is 0 Å². The van der Waals surface area contributed by atoms with Crippen molar-refractivity contribution in [2.75, 3.05) is 19.6 Å². The molecule has 0 radical (unpaired) electrons. The van der Waals surface area contributed by atoms with Crippen LogP contribution in [0.4, 0.5) is 4.79 Å². The minimum Gasteiger partial charge on any atom is -0.351 e. The van der Waals surface area contributed by atoms with Crippen molar-refractivity contribution in [1.29, 1.82) is 0 Å². The number of hydrogen-bond acceptors (Lipinski definition) is 4. The van der Waals surface area contributed by atoms with Crippen molar-refractivity contribution in [2.45, 2.75) is 12.8 Å². The van der Waals surface area contributed by atoms with Gasteiger partial charge in [-0.15, -0.1) is 0 Å². The Morgan fingerprint density at radius 3 is 2.79 bits per heavy atom. The van der Waals surface area contributed by atoms with E-state index in [2.05, 4.69) is 0 Å². The molecule has 0 saturated carbocycles. The second-order valence-electron chi connectivity index (χ2n) is 3.27. The Morgan fingerprint density at radius 2 is 2.21 bits per heavy atom. The fourth-order valence-electron chi connectivity index (χ4n) is 1.42. The zero-order valence-corrected chi connectivity index (χ0v) is 7.78. The molecule has 14 heavy (non-hydrogen) atoms. The van der Waals surface area contributed by atoms with Crippen LogP contribution in [-0.4, -0.2) is 42.3 Å². The van der Waals surface area contributed by atoms with Gasteiger partial charge in [-0.05, 0) is 13.0 Å². The van der Waals surface area contributed by atoms with Gasteiger partial charge in [-0.25, -0.2) is 4.79 Å². The van der Waals surface area contributed by atoms with Crippen LogP contribution in [0.3, 0.4) is 0 Å². The van der Waals surface area contributed by atoms with Gasteiger partial charge in [-0.2, -0.15) is 0 Å². The lowest BCUT2D eigenvalue weighted by molar-refractivity contribution is -0.125. The summed E-state index contributed by atoms with van der Waals surface area (Å²) in [4.78, 5) is 34.1. The van der Waals surface area contributed by atoms with Gasteiger partial charge >= 0.3 is 6.03 Å². The van der Waals surface area contributed by atoms with Crippen LogP contribution in [-0.2, 0) is 9.59 Å². The van der Waals surface area contributed by atoms with E-state index in [9.17, 15) is 14.4 Å². The molecule has 0 unspecified atom stereocenters. The number of imide groups is 1. The highest BCUT2D eigenvalue weighted by atomic mass is 16.2. The number of urea groups is 1. The number of hydrogen-bond donors (Lipinski definition) is 2. The molecule has 3 N–H and O–H groups in total. The second-order valence-corrected chi connectivity index (χ2v) is 3.27. The molecule has 0 spiro atoms. The number of nitrogens with zero attached hydrogens (tertiary/aromatic N) is 1. The van der Waals surface area contributed by atoms with Crippen molar-refractivity contribution in [1.82, 2.24) is 10.2 Å². The van der Waals surface area contributed by atoms with E-state index >= 15 is 0 Å². The summed E-state index contributed by atoms with van der Waals surface area (Å²) < 4.78 is 0. The van der Waals surface area contributed by atoms with Crippen molar-refractivity contribution in [3.05, 3.63) is 0 Å². The Morgan fingerprint density at radius 1 is 1.50 bits per heavy atom. The molecule has 6 heteroatoms. The molecular weight excluding hydrogens is 186 g/mol. The molecule has 3 amide bonds. The van der Waals surface area contributed by atoms with Gasteiger partial charge in [0.2, 0.25) is 5.91 Å². The first-order valence-corrected chi connectivity index (χ1v) is 4.41. The van der Waals surface area contributed by atoms with Crippen LogP contribution in [0.15, 0.2) is 0 Å². The van der Waals surface area contributed by atoms with Gasteiger partial charge in [-0.3, -0.25) is 19.8 Å². The molecule has 0 bridgehead atoms. The molecule has 0 aliphatic carbocycles. The average Bonchev–Trinajstić information content (AvgIpc) is 2.01. The maximum atomic E-state index is 11.1. The minimum absolute atomic E-state index is 0.0503. The molecule has 1 saturated heterocycles. The van der Waals surface area contributed by atoms with Crippen LogP contribution in [0, 0.1) is 0 Å². The van der Waals surface area contributed by atoms with Crippen LogP contribution < -0.4 is 11.1 Å². The molecule has 1 heterocycles. The lowest BCUT2D eigenvalue weighted by Crippen LogP contribution is -2.45. The summed E-state index contributed by atoms with van der Waals surface area (Å²) in [5.41, 5.74) is 4.77. The monoisotopic (exact) mass is 199 g/mol. The number of piperidine rings is 1. The maximum Gasteiger partial charge on any atom is 0.318 e. The van der Waals surface area contributed by atoms with E-state index in [4.69, 9.17) is 5.73 Å². The van der Waals surface area contributed by atoms with E-state index in [0.29, 0.717) is 13.0 Å². The predicted molar refractivity (Wildman–Crippen MR) is 48.4 cm³/mol. The van der Waals surface area contributed by atoms with Crippen LogP contribution >= 0.6 is 0 Å². The van der Waals surface area contributed by atoms with Crippen LogP contribution in [0.1, 0.15) is 12.8 Å². The molecule has 1 rings (SSSR count). The molecule has 0 aromatic carbocycles. The van der Waals surface area contributed by atoms with Gasteiger partial charge in [0.15, 0.2) is 0 Å². The number of Topliss-reactive ketones (excluding diaryl/α,β-unsaturated/α-hetero) is 1. The van der Waals surface area contributed by atoms with Crippen LogP contribution in [0.25, 0.3) is 0 Å². The van der Waals surface area contributed by atoms with E-state index in [1.54, 1.807) is 4.90 Å². The lowest BCUT2D eigenvalue weighted by atomic mass is 10.1. The fraction of sp³-hybridized carbons (Fsp3) is 0.625. The Labute approximate surface area is 81.4 Å². The summed E-state index contributed by atoms with van der Waals surface area (Å²) in [5, 5.41) is 1.95. The largest absolute Gasteiger partial charge is 0.351 e. The van der Waals surface area contributed by atoms with E-state index in [1.165, 1.54) is 0 Å². The first kappa shape index (κ1) is 10.6.